The summed E-state index contributed by atoms with van der Waals surface area (Å²) in [6, 6.07) is 24.2. The Morgan fingerprint density at radius 3 is 1.40 bits per heavy atom. The van der Waals surface area contributed by atoms with Gasteiger partial charge >= 0.3 is 0 Å². The second-order valence-corrected chi connectivity index (χ2v) is 26.1. The molecule has 0 saturated carbocycles. The summed E-state index contributed by atoms with van der Waals surface area (Å²) in [4.78, 5) is 28.4. The lowest BCUT2D eigenvalue weighted by Crippen LogP contribution is -2.06. The number of rotatable bonds is 10. The maximum atomic E-state index is 9.74. The molecule has 8 heterocycles. The van der Waals surface area contributed by atoms with Gasteiger partial charge in [0, 0.05) is 81.7 Å². The number of benzene rings is 16. The van der Waals surface area contributed by atoms with E-state index in [1.807, 2.05) is 91.0 Å². The molecule has 24 aromatic rings. The molecule has 0 bridgehead atoms. The first-order valence-electron chi connectivity index (χ1n) is 52.3. The summed E-state index contributed by atoms with van der Waals surface area (Å²) in [6.07, 6.45) is 0. The molecule has 0 fully saturated rings. The predicted molar refractivity (Wildman–Crippen MR) is 461 cm³/mol. The van der Waals surface area contributed by atoms with E-state index in [4.69, 9.17) is 62.8 Å². The van der Waals surface area contributed by atoms with Crippen LogP contribution in [0.5, 0.6) is 0 Å². The molecule has 0 aliphatic heterocycles. The number of nitrogens with zero attached hydrogens (tertiary/aromatic N) is 8. The zero-order chi connectivity index (χ0) is 104. The SMILES string of the molecule is [2H]c1c(-c2ccccc2)c([2H])c2c(oc3c2c([2H])c([2H])c2c3c3c([2H])c([2H])c([2H])c([2H])c3n2-c2nc(-c3ccccc3)nc(-c3ccc4c(c3)oc3cccc(-c5ccccc5)c34)n2)c1[2H].[2H]c1c([2H])c([2H])c(-c2nc(-c3c([2H])c([2H])c4c(oc5c([2H])c([2H])c([2H])c(-c6c([2H])c([2H])c([2H])c([2H])c6[2H])c54)c3[2H])nc(-n3c4c([2H])c([2H])c([2H])c([2H])c4c4c5oc6c(-c7ccccc7)c([2H])c([2H])c([2H])c6c5c([2H])c([2H])c43)n2)c([2H])c1[2H]. The molecule has 0 unspecified atom stereocenters. The summed E-state index contributed by atoms with van der Waals surface area (Å²) in [7, 11) is 0. The van der Waals surface area contributed by atoms with Crippen LogP contribution in [0.2, 0.25) is 0 Å². The summed E-state index contributed by atoms with van der Waals surface area (Å²) in [5.41, 5.74) is -0.343. The largest absolute Gasteiger partial charge is 0.456 e. The third-order valence-corrected chi connectivity index (χ3v) is 19.7. The summed E-state index contributed by atoms with van der Waals surface area (Å²) in [5.74, 6) is -2.14. The normalized spacial score (nSPS) is 16.0. The first kappa shape index (κ1) is 39.1. The molecule has 24 rings (SSSR count). The molecule has 532 valence electrons. The Balaban J connectivity index is 0.000000166. The van der Waals surface area contributed by atoms with Crippen molar-refractivity contribution in [3.05, 3.63) is 363 Å². The van der Waals surface area contributed by atoms with Gasteiger partial charge in [-0.05, 0) is 124 Å². The molecule has 12 heteroatoms. The average Bonchev–Trinajstić information content (AvgIpc) is 1.52. The van der Waals surface area contributed by atoms with E-state index >= 15 is 0 Å². The Morgan fingerprint density at radius 1 is 0.219 bits per heavy atom. The minimum atomic E-state index is -0.949. The van der Waals surface area contributed by atoms with Gasteiger partial charge in [-0.15, -0.1) is 0 Å². The summed E-state index contributed by atoms with van der Waals surface area (Å²) in [5, 5.41) is -0.234. The highest BCUT2D eigenvalue weighted by atomic mass is 16.3. The van der Waals surface area contributed by atoms with Crippen molar-refractivity contribution in [3.8, 4) is 102 Å². The molecule has 0 radical (unpaired) electrons. The third-order valence-electron chi connectivity index (χ3n) is 19.7. The zero-order valence-electron chi connectivity index (χ0n) is 92.2. The fourth-order valence-electron chi connectivity index (χ4n) is 14.6. The number of furan rings is 4. The van der Waals surface area contributed by atoms with Crippen molar-refractivity contribution < 1.29 is 64.3 Å². The minimum Gasteiger partial charge on any atom is -0.456 e. The van der Waals surface area contributed by atoms with Crippen LogP contribution in [0, 0.1) is 0 Å². The van der Waals surface area contributed by atoms with Crippen molar-refractivity contribution >= 4 is 131 Å². The zero-order valence-corrected chi connectivity index (χ0v) is 58.2. The molecule has 0 aliphatic rings. The van der Waals surface area contributed by atoms with Crippen molar-refractivity contribution in [1.29, 1.82) is 0 Å². The highest BCUT2D eigenvalue weighted by Gasteiger charge is 2.27. The molecular formula is C102H60N8O4. The number of fused-ring (bicyclic) bond motifs is 20. The topological polar surface area (TPSA) is 140 Å². The Morgan fingerprint density at radius 2 is 0.728 bits per heavy atom. The van der Waals surface area contributed by atoms with Gasteiger partial charge in [-0.2, -0.15) is 19.9 Å². The van der Waals surface area contributed by atoms with Gasteiger partial charge in [0.2, 0.25) is 11.9 Å². The molecule has 114 heavy (non-hydrogen) atoms. The summed E-state index contributed by atoms with van der Waals surface area (Å²) >= 11 is 0. The van der Waals surface area contributed by atoms with Gasteiger partial charge in [-0.1, -0.05) is 279 Å². The second kappa shape index (κ2) is 26.0. The van der Waals surface area contributed by atoms with Crippen molar-refractivity contribution in [1.82, 2.24) is 39.0 Å². The number of aromatic nitrogens is 8. The first-order valence-corrected chi connectivity index (χ1v) is 35.3. The fourth-order valence-corrected chi connectivity index (χ4v) is 14.6. The van der Waals surface area contributed by atoms with Crippen LogP contribution in [-0.4, -0.2) is 39.0 Å². The standard InChI is InChI=1S/2C51H30N4O2/c1-4-14-31(15-5-1)35-21-13-25-43-45(35)40-27-26-34(30-44(40)56-43)50-52-49(33-18-8-3-9-19-33)53-51(54-50)55-41-24-11-10-20-39(41)46-42(55)29-28-38-37-23-12-22-36(47(37)57-48(38)46)32-16-6-2-7-17-32;1-4-13-31(14-5-1)34-24-28-43-40(29-34)37-26-27-42-47(48(37)57-43)38-19-10-11-21-41(38)55(42)51-53-49(33-17-8-3-9-18-33)52-50(54-51)35-23-25-39-45(30-35)56-44-22-12-20-36(46(39)44)32-15-6-2-7-16-32/h2*1-30H/i1D,3D,4D,5D,8D,9D,10D,11D,12D,13D,14D,15D,18D,19D,20D,21D,22D,23D,24D,25D,26D,27D,28D,29D,30D;10D,11D,19D,21D,24D,26D,27D,28D,29D. The predicted octanol–water partition coefficient (Wildman–Crippen LogP) is 26.9. The van der Waals surface area contributed by atoms with Crippen LogP contribution in [0.3, 0.4) is 0 Å². The lowest BCUT2D eigenvalue weighted by atomic mass is 9.99. The Labute approximate surface area is 697 Å². The van der Waals surface area contributed by atoms with Crippen LogP contribution >= 0.6 is 0 Å². The molecule has 0 aliphatic carbocycles. The Bertz CT molecular complexity index is 10100. The van der Waals surface area contributed by atoms with Gasteiger partial charge in [-0.3, -0.25) is 9.13 Å². The first-order chi connectivity index (χ1) is 70.7. The summed E-state index contributed by atoms with van der Waals surface area (Å²) < 4.78 is 335. The smallest absolute Gasteiger partial charge is 0.238 e. The van der Waals surface area contributed by atoms with Crippen LogP contribution in [0.1, 0.15) is 46.6 Å². The van der Waals surface area contributed by atoms with E-state index in [1.165, 1.54) is 4.57 Å². The van der Waals surface area contributed by atoms with Gasteiger partial charge in [-0.25, -0.2) is 9.97 Å². The molecule has 12 nitrogen and oxygen atoms in total. The van der Waals surface area contributed by atoms with Gasteiger partial charge in [0.1, 0.15) is 44.7 Å². The van der Waals surface area contributed by atoms with Crippen molar-refractivity contribution in [2.75, 3.05) is 0 Å². The van der Waals surface area contributed by atoms with E-state index in [1.54, 1.807) is 60.7 Å². The average molecular weight is 1500 g/mol. The van der Waals surface area contributed by atoms with Gasteiger partial charge in [0.15, 0.2) is 23.3 Å². The van der Waals surface area contributed by atoms with Crippen molar-refractivity contribution in [2.45, 2.75) is 0 Å². The Kier molecular flexibility index (Phi) is 8.93. The van der Waals surface area contributed by atoms with E-state index in [-0.39, 0.29) is 124 Å². The number of hydrogen-bond donors (Lipinski definition) is 0. The minimum absolute atomic E-state index is 0.000474. The van der Waals surface area contributed by atoms with E-state index in [0.717, 1.165) is 26.5 Å². The van der Waals surface area contributed by atoms with Crippen LogP contribution < -0.4 is 0 Å². The second-order valence-electron chi connectivity index (χ2n) is 26.1. The van der Waals surface area contributed by atoms with E-state index in [2.05, 4.69) is 21.0 Å². The van der Waals surface area contributed by atoms with Gasteiger partial charge in [0.05, 0.1) is 79.4 Å². The van der Waals surface area contributed by atoms with Crippen LogP contribution in [0.25, 0.3) is 233 Å². The molecule has 0 amide bonds. The quantitative estimate of drug-likeness (QED) is 0.130. The number of hydrogen-bond acceptors (Lipinski definition) is 10. The molecule has 16 aromatic carbocycles. The number of para-hydroxylation sites is 3. The monoisotopic (exact) mass is 1490 g/mol. The molecule has 0 saturated heterocycles. The van der Waals surface area contributed by atoms with Crippen LogP contribution in [0.15, 0.2) is 381 Å². The van der Waals surface area contributed by atoms with Gasteiger partial charge < -0.3 is 17.7 Å². The third kappa shape index (κ3) is 10.5. The lowest BCUT2D eigenvalue weighted by Gasteiger charge is -2.11. The molecule has 0 atom stereocenters. The summed E-state index contributed by atoms with van der Waals surface area (Å²) in [6.45, 7) is 0. The lowest BCUT2D eigenvalue weighted by molar-refractivity contribution is 0.668. The van der Waals surface area contributed by atoms with Gasteiger partial charge in [0.25, 0.3) is 0 Å². The van der Waals surface area contributed by atoms with Crippen molar-refractivity contribution in [3.63, 3.8) is 0 Å². The molecule has 8 aromatic heterocycles. The van der Waals surface area contributed by atoms with Crippen molar-refractivity contribution in [2.24, 2.45) is 0 Å². The van der Waals surface area contributed by atoms with E-state index in [9.17, 15) is 16.4 Å². The van der Waals surface area contributed by atoms with Crippen LogP contribution in [0.4, 0.5) is 0 Å². The fraction of sp³-hybridized carbons (Fsp3) is 0. The van der Waals surface area contributed by atoms with E-state index in [0.29, 0.717) is 33.4 Å². The highest BCUT2D eigenvalue weighted by molar-refractivity contribution is 6.26. The maximum absolute atomic E-state index is 9.74. The molecular weight excluding hydrogens is 1400 g/mol. The van der Waals surface area contributed by atoms with E-state index < -0.39 is 259 Å². The molecule has 0 N–H and O–H groups in total. The molecule has 0 spiro atoms. The maximum Gasteiger partial charge on any atom is 0.238 e. The Hall–Kier alpha value is -15.7. The van der Waals surface area contributed by atoms with Crippen LogP contribution in [-0.2, 0) is 0 Å². The highest BCUT2D eigenvalue weighted by Crippen LogP contribution is 2.47.